The third-order valence-electron chi connectivity index (χ3n) is 3.27. The van der Waals surface area contributed by atoms with Crippen molar-refractivity contribution in [3.8, 4) is 11.4 Å². The molecule has 0 N–H and O–H groups in total. The van der Waals surface area contributed by atoms with Gasteiger partial charge in [0.2, 0.25) is 4.96 Å². The Kier molecular flexibility index (Phi) is 3.13. The summed E-state index contributed by atoms with van der Waals surface area (Å²) < 4.78 is 2.05. The summed E-state index contributed by atoms with van der Waals surface area (Å²) in [5, 5.41) is 6.35. The fraction of sp³-hybridized carbons (Fsp3) is 0.0625. The minimum Gasteiger partial charge on any atom is -0.266 e. The highest BCUT2D eigenvalue weighted by atomic mass is 32.1. The van der Waals surface area contributed by atoms with Crippen LogP contribution in [-0.4, -0.2) is 14.6 Å². The molecule has 0 bridgehead atoms. The predicted molar refractivity (Wildman–Crippen MR) is 90.4 cm³/mol. The first-order chi connectivity index (χ1) is 10.7. The first-order valence-corrected chi connectivity index (χ1v) is 8.42. The Bertz CT molecular complexity index is 1060. The third kappa shape index (κ3) is 2.26. The summed E-state index contributed by atoms with van der Waals surface area (Å²) in [5.41, 5.74) is 1.96. The van der Waals surface area contributed by atoms with E-state index in [1.54, 1.807) is 11.3 Å². The first-order valence-electron chi connectivity index (χ1n) is 6.72. The summed E-state index contributed by atoms with van der Waals surface area (Å²) in [4.78, 5) is 18.6. The van der Waals surface area contributed by atoms with E-state index >= 15 is 0 Å². The summed E-state index contributed by atoms with van der Waals surface area (Å²) in [5.74, 6) is 0.592. The molecule has 0 fully saturated rings. The van der Waals surface area contributed by atoms with Crippen molar-refractivity contribution in [3.05, 3.63) is 67.1 Å². The van der Waals surface area contributed by atoms with Crippen LogP contribution in [0.1, 0.15) is 10.4 Å². The van der Waals surface area contributed by atoms with E-state index in [1.807, 2.05) is 54.8 Å². The minimum atomic E-state index is -0.111. The van der Waals surface area contributed by atoms with Crippen LogP contribution in [0.25, 0.3) is 22.4 Å². The molecule has 0 amide bonds. The van der Waals surface area contributed by atoms with Gasteiger partial charge in [0, 0.05) is 10.4 Å². The second kappa shape index (κ2) is 5.15. The lowest BCUT2D eigenvalue weighted by Crippen LogP contribution is -2.23. The fourth-order valence-corrected chi connectivity index (χ4v) is 3.87. The quantitative estimate of drug-likeness (QED) is 0.569. The summed E-state index contributed by atoms with van der Waals surface area (Å²) in [6.45, 7) is 2.02. The van der Waals surface area contributed by atoms with Crippen LogP contribution < -0.4 is 10.1 Å². The van der Waals surface area contributed by atoms with Gasteiger partial charge in [-0.05, 0) is 30.5 Å². The second-order valence-electron chi connectivity index (χ2n) is 4.93. The van der Waals surface area contributed by atoms with Gasteiger partial charge in [0.1, 0.15) is 0 Å². The normalized spacial score (nSPS) is 12.3. The van der Waals surface area contributed by atoms with Crippen LogP contribution in [0, 0.1) is 6.92 Å². The topological polar surface area (TPSA) is 47.3 Å². The van der Waals surface area contributed by atoms with Crippen LogP contribution in [-0.2, 0) is 0 Å². The van der Waals surface area contributed by atoms with Crippen molar-refractivity contribution in [2.24, 2.45) is 0 Å². The molecule has 6 heteroatoms. The molecule has 0 saturated carbocycles. The summed E-state index contributed by atoms with van der Waals surface area (Å²) in [7, 11) is 0. The third-order valence-corrected chi connectivity index (χ3v) is 5.05. The van der Waals surface area contributed by atoms with Crippen LogP contribution in [0.4, 0.5) is 0 Å². The molecule has 0 aliphatic carbocycles. The van der Waals surface area contributed by atoms with Crippen LogP contribution in [0.3, 0.4) is 0 Å². The molecule has 1 aromatic carbocycles. The van der Waals surface area contributed by atoms with Gasteiger partial charge >= 0.3 is 0 Å². The van der Waals surface area contributed by atoms with Gasteiger partial charge in [-0.15, -0.1) is 16.4 Å². The molecular formula is C16H11N3OS2. The van der Waals surface area contributed by atoms with Gasteiger partial charge < -0.3 is 0 Å². The predicted octanol–water partition coefficient (Wildman–Crippen LogP) is 2.74. The van der Waals surface area contributed by atoms with Crippen LogP contribution in [0.15, 0.2) is 46.6 Å². The molecule has 4 rings (SSSR count). The standard InChI is InChI=1S/C16H11N3OS2/c1-10-4-2-5-11(8-10)14-17-16-19(18-14)15(20)13(22-16)9-12-6-3-7-21-12/h2-9H,1H3. The second-order valence-corrected chi connectivity index (χ2v) is 6.92. The van der Waals surface area contributed by atoms with Crippen LogP contribution in [0.2, 0.25) is 0 Å². The number of aromatic nitrogens is 3. The monoisotopic (exact) mass is 325 g/mol. The lowest BCUT2D eigenvalue weighted by molar-refractivity contribution is 0.937. The number of fused-ring (bicyclic) bond motifs is 1. The SMILES string of the molecule is Cc1cccc(-c2nc3sc(=Cc4cccs4)c(=O)n3n2)c1. The number of rotatable bonds is 2. The molecule has 0 unspecified atom stereocenters. The molecule has 0 aliphatic rings. The molecule has 4 aromatic rings. The van der Waals surface area contributed by atoms with E-state index in [9.17, 15) is 4.79 Å². The highest BCUT2D eigenvalue weighted by molar-refractivity contribution is 7.15. The van der Waals surface area contributed by atoms with Gasteiger partial charge in [-0.25, -0.2) is 0 Å². The van der Waals surface area contributed by atoms with Gasteiger partial charge in [0.05, 0.1) is 4.53 Å². The Balaban J connectivity index is 1.86. The van der Waals surface area contributed by atoms with Crippen molar-refractivity contribution < 1.29 is 0 Å². The van der Waals surface area contributed by atoms with Gasteiger partial charge in [-0.2, -0.15) is 9.50 Å². The van der Waals surface area contributed by atoms with Gasteiger partial charge in [-0.3, -0.25) is 4.79 Å². The molecule has 4 nitrogen and oxygen atoms in total. The Morgan fingerprint density at radius 3 is 2.86 bits per heavy atom. The Hall–Kier alpha value is -2.31. The average Bonchev–Trinajstić information content (AvgIpc) is 3.20. The molecule has 0 radical (unpaired) electrons. The maximum absolute atomic E-state index is 12.4. The molecule has 3 aromatic heterocycles. The summed E-state index contributed by atoms with van der Waals surface area (Å²) in [6, 6.07) is 11.9. The van der Waals surface area contributed by atoms with Crippen LogP contribution >= 0.6 is 22.7 Å². The number of hydrogen-bond donors (Lipinski definition) is 0. The zero-order chi connectivity index (χ0) is 15.1. The van der Waals surface area contributed by atoms with E-state index in [4.69, 9.17) is 0 Å². The van der Waals surface area contributed by atoms with E-state index in [0.29, 0.717) is 15.3 Å². The Morgan fingerprint density at radius 1 is 1.23 bits per heavy atom. The highest BCUT2D eigenvalue weighted by Crippen LogP contribution is 2.17. The molecule has 0 aliphatic heterocycles. The molecule has 0 saturated heterocycles. The number of hydrogen-bond acceptors (Lipinski definition) is 5. The molecule has 3 heterocycles. The largest absolute Gasteiger partial charge is 0.291 e. The molecule has 108 valence electrons. The first kappa shape index (κ1) is 13.4. The fourth-order valence-electron chi connectivity index (χ4n) is 2.24. The van der Waals surface area contributed by atoms with Gasteiger partial charge in [-0.1, -0.05) is 41.2 Å². The minimum absolute atomic E-state index is 0.111. The van der Waals surface area contributed by atoms with Crippen LogP contribution in [0.5, 0.6) is 0 Å². The van der Waals surface area contributed by atoms with Gasteiger partial charge in [0.15, 0.2) is 5.82 Å². The average molecular weight is 325 g/mol. The zero-order valence-corrected chi connectivity index (χ0v) is 13.3. The lowest BCUT2D eigenvalue weighted by Gasteiger charge is -1.95. The number of nitrogens with zero attached hydrogens (tertiary/aromatic N) is 3. The number of benzene rings is 1. The number of aryl methyl sites for hydroxylation is 1. The molecule has 0 atom stereocenters. The number of thiazole rings is 1. The van der Waals surface area contributed by atoms with E-state index in [0.717, 1.165) is 16.0 Å². The van der Waals surface area contributed by atoms with Crippen molar-refractivity contribution in [1.82, 2.24) is 14.6 Å². The Labute approximate surface area is 134 Å². The smallest absolute Gasteiger partial charge is 0.266 e. The van der Waals surface area contributed by atoms with E-state index in [2.05, 4.69) is 10.1 Å². The number of thiophene rings is 1. The van der Waals surface area contributed by atoms with Gasteiger partial charge in [0.25, 0.3) is 5.56 Å². The summed E-state index contributed by atoms with van der Waals surface area (Å²) in [6.07, 6.45) is 1.89. The zero-order valence-electron chi connectivity index (χ0n) is 11.7. The molecular weight excluding hydrogens is 314 g/mol. The maximum Gasteiger partial charge on any atom is 0.291 e. The molecule has 22 heavy (non-hydrogen) atoms. The maximum atomic E-state index is 12.4. The molecule has 0 spiro atoms. The highest BCUT2D eigenvalue weighted by Gasteiger charge is 2.11. The lowest BCUT2D eigenvalue weighted by atomic mass is 10.1. The van der Waals surface area contributed by atoms with E-state index in [-0.39, 0.29) is 5.56 Å². The van der Waals surface area contributed by atoms with Crippen molar-refractivity contribution in [1.29, 1.82) is 0 Å². The van der Waals surface area contributed by atoms with Crippen molar-refractivity contribution in [3.63, 3.8) is 0 Å². The van der Waals surface area contributed by atoms with Crippen molar-refractivity contribution in [2.45, 2.75) is 6.92 Å². The van der Waals surface area contributed by atoms with Crippen molar-refractivity contribution in [2.75, 3.05) is 0 Å². The Morgan fingerprint density at radius 2 is 2.14 bits per heavy atom. The summed E-state index contributed by atoms with van der Waals surface area (Å²) >= 11 is 2.97. The van der Waals surface area contributed by atoms with E-state index < -0.39 is 0 Å². The van der Waals surface area contributed by atoms with E-state index in [1.165, 1.54) is 15.9 Å². The van der Waals surface area contributed by atoms with Crippen molar-refractivity contribution >= 4 is 33.7 Å².